The van der Waals surface area contributed by atoms with Gasteiger partial charge >= 0.3 is 0 Å². The van der Waals surface area contributed by atoms with Crippen molar-refractivity contribution in [1.82, 2.24) is 29.7 Å². The third kappa shape index (κ3) is 2.42. The third-order valence-electron chi connectivity index (χ3n) is 4.94. The summed E-state index contributed by atoms with van der Waals surface area (Å²) in [4.78, 5) is 22.0. The molecule has 0 spiro atoms. The average Bonchev–Trinajstić information content (AvgIpc) is 3.09. The Kier molecular flexibility index (Phi) is 3.41. The molecule has 0 N–H and O–H groups in total. The van der Waals surface area contributed by atoms with Crippen LogP contribution >= 0.6 is 0 Å². The highest BCUT2D eigenvalue weighted by Crippen LogP contribution is 2.26. The monoisotopic (exact) mass is 346 g/mol. The Hall–Kier alpha value is -3.29. The number of benzene rings is 1. The topological polar surface area (TPSA) is 75.9 Å². The molecule has 3 aromatic heterocycles. The minimum absolute atomic E-state index is 0.868. The van der Waals surface area contributed by atoms with Gasteiger partial charge in [-0.1, -0.05) is 0 Å². The minimum Gasteiger partial charge on any atom is -0.368 e. The van der Waals surface area contributed by atoms with Crippen molar-refractivity contribution in [2.75, 3.05) is 36.0 Å². The maximum absolute atomic E-state index is 4.51. The number of nitrogens with zero attached hydrogens (tertiary/aromatic N) is 8. The summed E-state index contributed by atoms with van der Waals surface area (Å²) in [5, 5.41) is 6.38. The Balaban J connectivity index is 1.38. The fourth-order valence-electron chi connectivity index (χ4n) is 3.55. The van der Waals surface area contributed by atoms with Gasteiger partial charge in [-0.2, -0.15) is 5.10 Å². The molecule has 8 nitrogen and oxygen atoms in total. The van der Waals surface area contributed by atoms with Crippen molar-refractivity contribution < 1.29 is 0 Å². The standard InChI is InChI=1S/C18H18N8/c1-24-17-15(10-23-24)18(22-12-21-17)26-6-4-25(5-7-26)14-2-3-16-13(8-14)9-19-11-20-16/h2-3,8-12H,4-7H2,1H3. The lowest BCUT2D eigenvalue weighted by Gasteiger charge is -2.36. The van der Waals surface area contributed by atoms with Crippen LogP contribution in [0.3, 0.4) is 0 Å². The van der Waals surface area contributed by atoms with Crippen molar-refractivity contribution >= 4 is 33.4 Å². The number of anilines is 2. The van der Waals surface area contributed by atoms with Crippen LogP contribution in [0.25, 0.3) is 21.9 Å². The van der Waals surface area contributed by atoms with Crippen molar-refractivity contribution in [1.29, 1.82) is 0 Å². The van der Waals surface area contributed by atoms with Crippen LogP contribution < -0.4 is 9.80 Å². The summed E-state index contributed by atoms with van der Waals surface area (Å²) < 4.78 is 1.79. The third-order valence-corrected chi connectivity index (χ3v) is 4.94. The van der Waals surface area contributed by atoms with Crippen molar-refractivity contribution in [3.63, 3.8) is 0 Å². The number of aromatic nitrogens is 6. The highest BCUT2D eigenvalue weighted by molar-refractivity contribution is 5.87. The summed E-state index contributed by atoms with van der Waals surface area (Å²) in [7, 11) is 1.90. The molecule has 1 aromatic carbocycles. The van der Waals surface area contributed by atoms with Crippen molar-refractivity contribution in [2.45, 2.75) is 0 Å². The Morgan fingerprint density at radius 3 is 2.62 bits per heavy atom. The number of aryl methyl sites for hydroxylation is 1. The molecule has 0 unspecified atom stereocenters. The Bertz CT molecular complexity index is 1080. The maximum Gasteiger partial charge on any atom is 0.163 e. The molecule has 8 heteroatoms. The van der Waals surface area contributed by atoms with Gasteiger partial charge in [0.25, 0.3) is 0 Å². The van der Waals surface area contributed by atoms with Crippen LogP contribution in [0.4, 0.5) is 11.5 Å². The van der Waals surface area contributed by atoms with Crippen LogP contribution in [-0.2, 0) is 7.05 Å². The summed E-state index contributed by atoms with van der Waals surface area (Å²) >= 11 is 0. The quantitative estimate of drug-likeness (QED) is 0.546. The van der Waals surface area contributed by atoms with E-state index in [9.17, 15) is 0 Å². The second-order valence-electron chi connectivity index (χ2n) is 6.44. The fraction of sp³-hybridized carbons (Fsp3) is 0.278. The lowest BCUT2D eigenvalue weighted by atomic mass is 10.2. The Morgan fingerprint density at radius 2 is 1.73 bits per heavy atom. The average molecular weight is 346 g/mol. The molecule has 5 rings (SSSR count). The van der Waals surface area contributed by atoms with Gasteiger partial charge in [0.05, 0.1) is 17.1 Å². The zero-order valence-electron chi connectivity index (χ0n) is 14.4. The molecule has 1 fully saturated rings. The second kappa shape index (κ2) is 5.91. The summed E-state index contributed by atoms with van der Waals surface area (Å²) in [6.45, 7) is 3.69. The van der Waals surface area contributed by atoms with E-state index in [0.29, 0.717) is 0 Å². The van der Waals surface area contributed by atoms with Gasteiger partial charge in [0.1, 0.15) is 18.5 Å². The van der Waals surface area contributed by atoms with Gasteiger partial charge in [-0.3, -0.25) is 4.68 Å². The maximum atomic E-state index is 4.51. The van der Waals surface area contributed by atoms with Crippen LogP contribution in [0.15, 0.2) is 43.2 Å². The second-order valence-corrected chi connectivity index (χ2v) is 6.44. The lowest BCUT2D eigenvalue weighted by Crippen LogP contribution is -2.46. The lowest BCUT2D eigenvalue weighted by molar-refractivity contribution is 0.649. The predicted octanol–water partition coefficient (Wildman–Crippen LogP) is 1.63. The molecule has 4 aromatic rings. The first-order valence-corrected chi connectivity index (χ1v) is 8.62. The summed E-state index contributed by atoms with van der Waals surface area (Å²) in [5.74, 6) is 0.967. The highest BCUT2D eigenvalue weighted by Gasteiger charge is 2.21. The minimum atomic E-state index is 0.868. The van der Waals surface area contributed by atoms with Gasteiger partial charge in [0.15, 0.2) is 5.65 Å². The SMILES string of the molecule is Cn1ncc2c(N3CCN(c4ccc5ncncc5c4)CC3)ncnc21. The van der Waals surface area contributed by atoms with Gasteiger partial charge < -0.3 is 9.80 Å². The molecular formula is C18H18N8. The number of fused-ring (bicyclic) bond motifs is 2. The Labute approximate surface area is 150 Å². The van der Waals surface area contributed by atoms with Crippen LogP contribution in [0.5, 0.6) is 0 Å². The number of hydrogen-bond acceptors (Lipinski definition) is 7. The van der Waals surface area contributed by atoms with Crippen molar-refractivity contribution in [2.24, 2.45) is 7.05 Å². The van der Waals surface area contributed by atoms with E-state index in [1.54, 1.807) is 17.3 Å². The van der Waals surface area contributed by atoms with Crippen LogP contribution in [0, 0.1) is 0 Å². The molecule has 0 atom stereocenters. The molecule has 0 bridgehead atoms. The zero-order valence-corrected chi connectivity index (χ0v) is 14.4. The van der Waals surface area contributed by atoms with Gasteiger partial charge in [-0.05, 0) is 18.2 Å². The molecule has 0 aliphatic carbocycles. The first-order valence-electron chi connectivity index (χ1n) is 8.62. The summed E-state index contributed by atoms with van der Waals surface area (Å²) in [6.07, 6.45) is 6.92. The zero-order chi connectivity index (χ0) is 17.5. The van der Waals surface area contributed by atoms with E-state index < -0.39 is 0 Å². The molecular weight excluding hydrogens is 328 g/mol. The van der Waals surface area contributed by atoms with E-state index in [2.05, 4.69) is 53.0 Å². The Morgan fingerprint density at radius 1 is 0.885 bits per heavy atom. The van der Waals surface area contributed by atoms with Crippen LogP contribution in [0.1, 0.15) is 0 Å². The molecule has 0 radical (unpaired) electrons. The number of hydrogen-bond donors (Lipinski definition) is 0. The van der Waals surface area contributed by atoms with Gasteiger partial charge in [-0.25, -0.2) is 19.9 Å². The van der Waals surface area contributed by atoms with Crippen molar-refractivity contribution in [3.05, 3.63) is 43.2 Å². The molecule has 1 aliphatic rings. The smallest absolute Gasteiger partial charge is 0.163 e. The number of rotatable bonds is 2. The normalized spacial score (nSPS) is 15.1. The van der Waals surface area contributed by atoms with E-state index >= 15 is 0 Å². The fourth-order valence-corrected chi connectivity index (χ4v) is 3.55. The predicted molar refractivity (Wildman–Crippen MR) is 100 cm³/mol. The molecule has 1 aliphatic heterocycles. The van der Waals surface area contributed by atoms with E-state index in [-0.39, 0.29) is 0 Å². The van der Waals surface area contributed by atoms with E-state index in [1.165, 1.54) is 5.69 Å². The van der Waals surface area contributed by atoms with Crippen LogP contribution in [-0.4, -0.2) is 55.9 Å². The van der Waals surface area contributed by atoms with E-state index in [4.69, 9.17) is 0 Å². The van der Waals surface area contributed by atoms with Crippen LogP contribution in [0.2, 0.25) is 0 Å². The largest absolute Gasteiger partial charge is 0.368 e. The molecule has 0 saturated carbocycles. The van der Waals surface area contributed by atoms with Gasteiger partial charge in [0.2, 0.25) is 0 Å². The van der Waals surface area contributed by atoms with E-state index in [1.807, 2.05) is 19.4 Å². The number of piperazine rings is 1. The molecule has 4 heterocycles. The van der Waals surface area contributed by atoms with E-state index in [0.717, 1.165) is 53.9 Å². The molecule has 130 valence electrons. The summed E-state index contributed by atoms with van der Waals surface area (Å²) in [6, 6.07) is 6.35. The first-order chi connectivity index (χ1) is 12.8. The van der Waals surface area contributed by atoms with Gasteiger partial charge in [0, 0.05) is 50.5 Å². The van der Waals surface area contributed by atoms with Gasteiger partial charge in [-0.15, -0.1) is 0 Å². The molecule has 1 saturated heterocycles. The summed E-state index contributed by atoms with van der Waals surface area (Å²) in [5.41, 5.74) is 3.05. The van der Waals surface area contributed by atoms with Crippen molar-refractivity contribution in [3.8, 4) is 0 Å². The first kappa shape index (κ1) is 15.0. The molecule has 0 amide bonds. The highest BCUT2D eigenvalue weighted by atomic mass is 15.3. The molecule has 26 heavy (non-hydrogen) atoms.